The summed E-state index contributed by atoms with van der Waals surface area (Å²) in [5.41, 5.74) is 7.53. The van der Waals surface area contributed by atoms with Crippen LogP contribution in [0.5, 0.6) is 0 Å². The average Bonchev–Trinajstić information content (AvgIpc) is 2.48. The lowest BCUT2D eigenvalue weighted by Crippen LogP contribution is -2.40. The van der Waals surface area contributed by atoms with Gasteiger partial charge in [0.2, 0.25) is 0 Å². The molecule has 1 aromatic rings. The molecule has 21 heavy (non-hydrogen) atoms. The van der Waals surface area contributed by atoms with Gasteiger partial charge in [-0.15, -0.1) is 0 Å². The number of carbonyl (C=O) groups is 2. The number of hydrogen-bond donors (Lipinski definition) is 4. The van der Waals surface area contributed by atoms with Crippen LogP contribution in [0.1, 0.15) is 18.1 Å². The molecule has 116 valence electrons. The quantitative estimate of drug-likeness (QED) is 0.449. The molecule has 1 aromatic carbocycles. The molecule has 0 bridgehead atoms. The number of carbonyl (C=O) groups excluding carboxylic acids is 1. The van der Waals surface area contributed by atoms with Gasteiger partial charge in [-0.1, -0.05) is 31.2 Å². The lowest BCUT2D eigenvalue weighted by molar-refractivity contribution is -0.138. The van der Waals surface area contributed by atoms with Crippen LogP contribution >= 0.6 is 0 Å². The highest BCUT2D eigenvalue weighted by Gasteiger charge is 2.10. The minimum atomic E-state index is -1.01. The van der Waals surface area contributed by atoms with E-state index in [2.05, 4.69) is 10.6 Å². The second-order valence-corrected chi connectivity index (χ2v) is 4.90. The molecular weight excluding hydrogens is 270 g/mol. The zero-order chi connectivity index (χ0) is 15.7. The fourth-order valence-electron chi connectivity index (χ4n) is 1.94. The highest BCUT2D eigenvalue weighted by molar-refractivity contribution is 5.73. The third kappa shape index (κ3) is 6.48. The van der Waals surface area contributed by atoms with Crippen LogP contribution in [0.3, 0.4) is 0 Å². The summed E-state index contributed by atoms with van der Waals surface area (Å²) in [5.74, 6) is -1.01. The van der Waals surface area contributed by atoms with Crippen molar-refractivity contribution in [2.45, 2.75) is 32.0 Å². The van der Waals surface area contributed by atoms with Crippen LogP contribution in [0.2, 0.25) is 0 Å². The molecule has 0 saturated heterocycles. The van der Waals surface area contributed by atoms with Crippen LogP contribution in [-0.2, 0) is 22.6 Å². The van der Waals surface area contributed by atoms with Crippen molar-refractivity contribution in [3.05, 3.63) is 35.4 Å². The van der Waals surface area contributed by atoms with Crippen LogP contribution in [0.25, 0.3) is 0 Å². The Morgan fingerprint density at radius 1 is 1.33 bits per heavy atom. The maximum Gasteiger partial charge on any atom is 0.321 e. The molecule has 2 atom stereocenters. The van der Waals surface area contributed by atoms with E-state index in [0.29, 0.717) is 13.0 Å². The molecule has 5 N–H and O–H groups in total. The lowest BCUT2D eigenvalue weighted by Gasteiger charge is -2.12. The largest absolute Gasteiger partial charge is 0.480 e. The molecule has 0 amide bonds. The van der Waals surface area contributed by atoms with Gasteiger partial charge in [0.25, 0.3) is 0 Å². The number of likely N-dealkylation sites (N-methyl/N-ethyl adjacent to an activating group) is 1. The number of carboxylic acid groups (broad SMARTS) is 1. The Hall–Kier alpha value is -1.76. The fourth-order valence-corrected chi connectivity index (χ4v) is 1.94. The van der Waals surface area contributed by atoms with Gasteiger partial charge in [-0.3, -0.25) is 4.79 Å². The Labute approximate surface area is 124 Å². The SMILES string of the molecule is CCN[C@H](C=O)Cc1ccc(CNC[C@H](N)C(=O)O)cc1. The summed E-state index contributed by atoms with van der Waals surface area (Å²) in [6.45, 7) is 3.51. The summed E-state index contributed by atoms with van der Waals surface area (Å²) in [6.07, 6.45) is 1.58. The van der Waals surface area contributed by atoms with E-state index < -0.39 is 12.0 Å². The van der Waals surface area contributed by atoms with Gasteiger partial charge in [-0.05, 0) is 24.1 Å². The molecule has 0 saturated carbocycles. The predicted molar refractivity (Wildman–Crippen MR) is 81.0 cm³/mol. The predicted octanol–water partition coefficient (Wildman–Crippen LogP) is -0.0924. The van der Waals surface area contributed by atoms with E-state index >= 15 is 0 Å². The number of aliphatic carboxylic acids is 1. The summed E-state index contributed by atoms with van der Waals surface area (Å²) in [6, 6.07) is 6.82. The van der Waals surface area contributed by atoms with Gasteiger partial charge in [0.15, 0.2) is 0 Å². The normalized spacial score (nSPS) is 13.6. The van der Waals surface area contributed by atoms with Crippen LogP contribution in [0, 0.1) is 0 Å². The van der Waals surface area contributed by atoms with E-state index in [1.807, 2.05) is 31.2 Å². The lowest BCUT2D eigenvalue weighted by atomic mass is 10.0. The Kier molecular flexibility index (Phi) is 7.60. The van der Waals surface area contributed by atoms with Gasteiger partial charge in [0.1, 0.15) is 12.3 Å². The Morgan fingerprint density at radius 2 is 1.95 bits per heavy atom. The van der Waals surface area contributed by atoms with Crippen LogP contribution in [-0.4, -0.2) is 42.5 Å². The topological polar surface area (TPSA) is 104 Å². The third-order valence-electron chi connectivity index (χ3n) is 3.12. The minimum Gasteiger partial charge on any atom is -0.480 e. The van der Waals surface area contributed by atoms with Gasteiger partial charge < -0.3 is 26.3 Å². The van der Waals surface area contributed by atoms with Crippen molar-refractivity contribution in [2.75, 3.05) is 13.1 Å². The van der Waals surface area contributed by atoms with E-state index in [1.165, 1.54) is 0 Å². The number of hydrogen-bond acceptors (Lipinski definition) is 5. The maximum absolute atomic E-state index is 10.9. The molecule has 0 heterocycles. The number of carboxylic acids is 1. The number of rotatable bonds is 10. The molecule has 0 aliphatic carbocycles. The van der Waals surface area contributed by atoms with Gasteiger partial charge in [-0.25, -0.2) is 0 Å². The maximum atomic E-state index is 10.9. The first-order chi connectivity index (χ1) is 10.1. The van der Waals surface area contributed by atoms with Crippen molar-refractivity contribution in [1.82, 2.24) is 10.6 Å². The summed E-state index contributed by atoms with van der Waals surface area (Å²) in [4.78, 5) is 21.5. The molecule has 0 aromatic heterocycles. The molecule has 0 radical (unpaired) electrons. The van der Waals surface area contributed by atoms with E-state index in [0.717, 1.165) is 24.0 Å². The number of nitrogens with two attached hydrogens (primary N) is 1. The van der Waals surface area contributed by atoms with Crippen molar-refractivity contribution in [3.8, 4) is 0 Å². The molecule has 0 unspecified atom stereocenters. The van der Waals surface area contributed by atoms with E-state index in [9.17, 15) is 9.59 Å². The molecule has 6 nitrogen and oxygen atoms in total. The van der Waals surface area contributed by atoms with Crippen molar-refractivity contribution in [2.24, 2.45) is 5.73 Å². The van der Waals surface area contributed by atoms with Crippen LogP contribution < -0.4 is 16.4 Å². The monoisotopic (exact) mass is 293 g/mol. The van der Waals surface area contributed by atoms with Crippen molar-refractivity contribution < 1.29 is 14.7 Å². The molecule has 6 heteroatoms. The summed E-state index contributed by atoms with van der Waals surface area (Å²) in [7, 11) is 0. The smallest absolute Gasteiger partial charge is 0.321 e. The second kappa shape index (κ2) is 9.23. The first kappa shape index (κ1) is 17.3. The average molecular weight is 293 g/mol. The highest BCUT2D eigenvalue weighted by Crippen LogP contribution is 2.06. The molecule has 1 rings (SSSR count). The Morgan fingerprint density at radius 3 is 2.48 bits per heavy atom. The second-order valence-electron chi connectivity index (χ2n) is 4.90. The highest BCUT2D eigenvalue weighted by atomic mass is 16.4. The summed E-state index contributed by atoms with van der Waals surface area (Å²) >= 11 is 0. The Bertz CT molecular complexity index is 448. The van der Waals surface area contributed by atoms with Crippen molar-refractivity contribution in [3.63, 3.8) is 0 Å². The fraction of sp³-hybridized carbons (Fsp3) is 0.467. The number of aldehydes is 1. The van der Waals surface area contributed by atoms with Gasteiger partial charge >= 0.3 is 5.97 Å². The summed E-state index contributed by atoms with van der Waals surface area (Å²) < 4.78 is 0. The summed E-state index contributed by atoms with van der Waals surface area (Å²) in [5, 5.41) is 14.8. The van der Waals surface area contributed by atoms with Gasteiger partial charge in [-0.2, -0.15) is 0 Å². The third-order valence-corrected chi connectivity index (χ3v) is 3.12. The molecule has 0 spiro atoms. The van der Waals surface area contributed by atoms with Crippen molar-refractivity contribution in [1.29, 1.82) is 0 Å². The molecule has 0 fully saturated rings. The first-order valence-electron chi connectivity index (χ1n) is 7.02. The number of nitrogens with one attached hydrogen (secondary N) is 2. The Balaban J connectivity index is 2.43. The molecule has 0 aliphatic rings. The molecular formula is C15H23N3O3. The first-order valence-corrected chi connectivity index (χ1v) is 7.02. The number of benzene rings is 1. The van der Waals surface area contributed by atoms with Gasteiger partial charge in [0.05, 0.1) is 6.04 Å². The zero-order valence-corrected chi connectivity index (χ0v) is 12.2. The zero-order valence-electron chi connectivity index (χ0n) is 12.2. The standard InChI is InChI=1S/C15H23N3O3/c1-2-18-13(10-19)7-11-3-5-12(6-4-11)8-17-9-14(16)15(20)21/h3-6,10,13-14,17-18H,2,7-9,16H2,1H3,(H,20,21)/t13-,14-/m0/s1. The van der Waals surface area contributed by atoms with E-state index in [4.69, 9.17) is 10.8 Å². The van der Waals surface area contributed by atoms with Crippen molar-refractivity contribution >= 4 is 12.3 Å². The van der Waals surface area contributed by atoms with Crippen LogP contribution in [0.4, 0.5) is 0 Å². The van der Waals surface area contributed by atoms with E-state index in [1.54, 1.807) is 0 Å². The van der Waals surface area contributed by atoms with Crippen LogP contribution in [0.15, 0.2) is 24.3 Å². The van der Waals surface area contributed by atoms with Gasteiger partial charge in [0, 0.05) is 13.1 Å². The minimum absolute atomic E-state index is 0.160. The molecule has 0 aliphatic heterocycles. The van der Waals surface area contributed by atoms with E-state index in [-0.39, 0.29) is 12.6 Å².